The van der Waals surface area contributed by atoms with E-state index in [9.17, 15) is 10.5 Å². The third-order valence-electron chi connectivity index (χ3n) is 8.84. The molecule has 0 fully saturated rings. The first kappa shape index (κ1) is 24.8. The van der Waals surface area contributed by atoms with Crippen molar-refractivity contribution in [2.75, 3.05) is 0 Å². The highest BCUT2D eigenvalue weighted by atomic mass is 16.3. The van der Waals surface area contributed by atoms with Crippen molar-refractivity contribution in [3.63, 3.8) is 0 Å². The molecule has 6 heteroatoms. The van der Waals surface area contributed by atoms with Crippen molar-refractivity contribution in [3.05, 3.63) is 138 Å². The van der Waals surface area contributed by atoms with Crippen LogP contribution in [0.1, 0.15) is 11.1 Å². The SMILES string of the molecule is [C-]#[N+]c1ccc(-n2c3ccccc3c3c4oc5c(ccc6c5c5ccccc5n6-c5ccccc5)c4ccc32)c(C#N)c1C#N. The van der Waals surface area contributed by atoms with E-state index in [-0.39, 0.29) is 16.8 Å². The summed E-state index contributed by atoms with van der Waals surface area (Å²) in [6.07, 6.45) is 0. The molecule has 0 N–H and O–H groups in total. The molecule has 0 aliphatic carbocycles. The number of fused-ring (bicyclic) bond motifs is 11. The van der Waals surface area contributed by atoms with Crippen molar-refractivity contribution in [2.24, 2.45) is 0 Å². The highest BCUT2D eigenvalue weighted by Gasteiger charge is 2.24. The summed E-state index contributed by atoms with van der Waals surface area (Å²) in [7, 11) is 0. The van der Waals surface area contributed by atoms with Gasteiger partial charge >= 0.3 is 0 Å². The molecule has 0 amide bonds. The van der Waals surface area contributed by atoms with Crippen LogP contribution in [-0.2, 0) is 0 Å². The minimum absolute atomic E-state index is 0.0814. The van der Waals surface area contributed by atoms with E-state index in [2.05, 4.69) is 100 Å². The molecular formula is C39H19N5O. The molecule has 0 aliphatic heterocycles. The Balaban J connectivity index is 1.44. The first-order valence-corrected chi connectivity index (χ1v) is 14.4. The van der Waals surface area contributed by atoms with Gasteiger partial charge < -0.3 is 13.6 Å². The fourth-order valence-corrected chi connectivity index (χ4v) is 7.00. The van der Waals surface area contributed by atoms with E-state index in [1.807, 2.05) is 28.8 Å². The Kier molecular flexibility index (Phi) is 5.00. The molecule has 0 saturated carbocycles. The van der Waals surface area contributed by atoms with E-state index in [1.54, 1.807) is 12.1 Å². The van der Waals surface area contributed by atoms with Gasteiger partial charge in [0.25, 0.3) is 0 Å². The van der Waals surface area contributed by atoms with Crippen LogP contribution in [0.5, 0.6) is 0 Å². The van der Waals surface area contributed by atoms with Crippen LogP contribution < -0.4 is 0 Å². The number of hydrogen-bond acceptors (Lipinski definition) is 3. The van der Waals surface area contributed by atoms with Crippen molar-refractivity contribution >= 4 is 71.2 Å². The molecule has 6 aromatic carbocycles. The summed E-state index contributed by atoms with van der Waals surface area (Å²) in [6, 6.07) is 42.9. The van der Waals surface area contributed by atoms with Crippen molar-refractivity contribution in [1.82, 2.24) is 9.13 Å². The van der Waals surface area contributed by atoms with Crippen LogP contribution >= 0.6 is 0 Å². The third-order valence-corrected chi connectivity index (χ3v) is 8.84. The Labute approximate surface area is 256 Å². The molecule has 45 heavy (non-hydrogen) atoms. The summed E-state index contributed by atoms with van der Waals surface area (Å²) in [6.45, 7) is 7.51. The van der Waals surface area contributed by atoms with Gasteiger partial charge in [-0.1, -0.05) is 60.7 Å². The van der Waals surface area contributed by atoms with E-state index >= 15 is 0 Å². The first-order valence-electron chi connectivity index (χ1n) is 14.4. The number of aromatic nitrogens is 2. The number of benzene rings is 6. The summed E-state index contributed by atoms with van der Waals surface area (Å²) in [5, 5.41) is 26.2. The van der Waals surface area contributed by atoms with Gasteiger partial charge in [0.2, 0.25) is 5.69 Å². The van der Waals surface area contributed by atoms with E-state index in [0.29, 0.717) is 5.69 Å². The van der Waals surface area contributed by atoms with Gasteiger partial charge in [0.15, 0.2) is 0 Å². The second-order valence-electron chi connectivity index (χ2n) is 11.0. The van der Waals surface area contributed by atoms with Gasteiger partial charge in [-0.15, -0.1) is 0 Å². The smallest absolute Gasteiger partial charge is 0.206 e. The predicted octanol–water partition coefficient (Wildman–Crippen LogP) is 10.1. The van der Waals surface area contributed by atoms with Crippen LogP contribution in [0.25, 0.3) is 81.8 Å². The summed E-state index contributed by atoms with van der Waals surface area (Å²) in [5.74, 6) is 0. The lowest BCUT2D eigenvalue weighted by atomic mass is 10.0. The van der Waals surface area contributed by atoms with Crippen LogP contribution in [0, 0.1) is 29.2 Å². The van der Waals surface area contributed by atoms with Gasteiger partial charge in [-0.25, -0.2) is 4.85 Å². The molecule has 6 nitrogen and oxygen atoms in total. The molecule has 0 atom stereocenters. The van der Waals surface area contributed by atoms with Crippen molar-refractivity contribution in [1.29, 1.82) is 10.5 Å². The zero-order chi connectivity index (χ0) is 30.2. The van der Waals surface area contributed by atoms with Gasteiger partial charge in [-0.2, -0.15) is 10.5 Å². The Morgan fingerprint density at radius 1 is 0.533 bits per heavy atom. The van der Waals surface area contributed by atoms with Crippen LogP contribution in [0.3, 0.4) is 0 Å². The second-order valence-corrected chi connectivity index (χ2v) is 11.0. The standard InChI is InChI=1S/C39H19N5O/c1-42-30-17-20-33(29(22-41)28(30)21-40)44-32-14-8-6-12-27(32)37-35(44)19-16-25-24-15-18-34-36(38(24)45-39(25)37)26-11-5-7-13-31(26)43(34)23-9-3-2-4-10-23/h2-20H. The van der Waals surface area contributed by atoms with Gasteiger partial charge in [0.1, 0.15) is 17.2 Å². The topological polar surface area (TPSA) is 74.9 Å². The normalized spacial score (nSPS) is 11.5. The lowest BCUT2D eigenvalue weighted by Gasteiger charge is -2.11. The summed E-state index contributed by atoms with van der Waals surface area (Å²) in [4.78, 5) is 3.48. The minimum Gasteiger partial charge on any atom is -0.455 e. The minimum atomic E-state index is 0.0814. The van der Waals surface area contributed by atoms with E-state index in [1.165, 1.54) is 0 Å². The molecule has 206 valence electrons. The number of rotatable bonds is 2. The molecule has 0 radical (unpaired) electrons. The average Bonchev–Trinajstić information content (AvgIpc) is 3.75. The molecule has 0 spiro atoms. The molecule has 0 bridgehead atoms. The maximum Gasteiger partial charge on any atom is 0.206 e. The third kappa shape index (κ3) is 3.19. The maximum absolute atomic E-state index is 10.2. The Hall–Kier alpha value is -6.81. The highest BCUT2D eigenvalue weighted by molar-refractivity contribution is 6.29. The number of para-hydroxylation sites is 3. The fourth-order valence-electron chi connectivity index (χ4n) is 7.00. The van der Waals surface area contributed by atoms with Gasteiger partial charge in [0, 0.05) is 27.2 Å². The Bertz CT molecular complexity index is 2850. The van der Waals surface area contributed by atoms with Crippen LogP contribution in [-0.4, -0.2) is 9.13 Å². The second kappa shape index (κ2) is 9.09. The molecule has 0 saturated heterocycles. The molecule has 3 aromatic heterocycles. The van der Waals surface area contributed by atoms with E-state index in [0.717, 1.165) is 71.2 Å². The van der Waals surface area contributed by atoms with Crippen LogP contribution in [0.4, 0.5) is 5.69 Å². The van der Waals surface area contributed by atoms with Crippen molar-refractivity contribution < 1.29 is 4.42 Å². The Morgan fingerprint density at radius 3 is 1.69 bits per heavy atom. The largest absolute Gasteiger partial charge is 0.455 e. The number of nitriles is 2. The molecule has 0 unspecified atom stereocenters. The Morgan fingerprint density at radius 2 is 1.09 bits per heavy atom. The van der Waals surface area contributed by atoms with Crippen LogP contribution in [0.15, 0.2) is 120 Å². The predicted molar refractivity (Wildman–Crippen MR) is 178 cm³/mol. The van der Waals surface area contributed by atoms with Gasteiger partial charge in [-0.05, 0) is 54.6 Å². The molecule has 3 heterocycles. The summed E-state index contributed by atoms with van der Waals surface area (Å²) in [5.41, 5.74) is 7.54. The molecular weight excluding hydrogens is 554 g/mol. The van der Waals surface area contributed by atoms with Gasteiger partial charge in [0.05, 0.1) is 62.3 Å². The molecule has 0 aliphatic rings. The summed E-state index contributed by atoms with van der Waals surface area (Å²) < 4.78 is 11.2. The van der Waals surface area contributed by atoms with Crippen molar-refractivity contribution in [2.45, 2.75) is 0 Å². The van der Waals surface area contributed by atoms with E-state index in [4.69, 9.17) is 11.0 Å². The first-order chi connectivity index (χ1) is 22.2. The quantitative estimate of drug-likeness (QED) is 0.193. The van der Waals surface area contributed by atoms with Crippen molar-refractivity contribution in [3.8, 4) is 23.5 Å². The lowest BCUT2D eigenvalue weighted by Crippen LogP contribution is -1.99. The summed E-state index contributed by atoms with van der Waals surface area (Å²) >= 11 is 0. The van der Waals surface area contributed by atoms with E-state index < -0.39 is 0 Å². The lowest BCUT2D eigenvalue weighted by molar-refractivity contribution is 0.677. The molecule has 9 aromatic rings. The highest BCUT2D eigenvalue weighted by Crippen LogP contribution is 2.45. The monoisotopic (exact) mass is 573 g/mol. The number of nitrogens with zero attached hydrogens (tertiary/aromatic N) is 5. The number of hydrogen-bond donors (Lipinski definition) is 0. The zero-order valence-electron chi connectivity index (χ0n) is 23.6. The number of furan rings is 1. The molecule has 9 rings (SSSR count). The zero-order valence-corrected chi connectivity index (χ0v) is 23.6. The van der Waals surface area contributed by atoms with Crippen LogP contribution in [0.2, 0.25) is 0 Å². The fraction of sp³-hybridized carbons (Fsp3) is 0. The average molecular weight is 574 g/mol. The van der Waals surface area contributed by atoms with Gasteiger partial charge in [-0.3, -0.25) is 0 Å². The maximum atomic E-state index is 10.2.